The average molecular weight is 1970 g/mol. The van der Waals surface area contributed by atoms with Gasteiger partial charge in [-0.3, -0.25) is 86.9 Å². The zero-order valence-electron chi connectivity index (χ0n) is 78.9. The number of aromatic amines is 3. The van der Waals surface area contributed by atoms with Crippen molar-refractivity contribution in [2.45, 2.75) is 222 Å². The van der Waals surface area contributed by atoms with E-state index in [0.717, 1.165) is 36.3 Å². The third-order valence-corrected chi connectivity index (χ3v) is 24.4. The number of primary amides is 2. The molecule has 6 aromatic rings. The largest absolute Gasteiger partial charge is 0.490 e. The summed E-state index contributed by atoms with van der Waals surface area (Å²) in [6.07, 6.45) is 0.924. The Hall–Kier alpha value is -14.2. The van der Waals surface area contributed by atoms with Gasteiger partial charge in [-0.1, -0.05) is 120 Å². The zero-order valence-corrected chi connectivity index (χ0v) is 79.7. The van der Waals surface area contributed by atoms with Crippen molar-refractivity contribution in [2.24, 2.45) is 23.1 Å². The number of nitrogens with one attached hydrogen (secondary N) is 15. The summed E-state index contributed by atoms with van der Waals surface area (Å²) in [4.78, 5) is 276. The molecule has 48 heteroatoms. The molecule has 13 atom stereocenters. The minimum absolute atomic E-state index is 0.00145. The fourth-order valence-corrected chi connectivity index (χ4v) is 16.7. The van der Waals surface area contributed by atoms with Gasteiger partial charge in [-0.05, 0) is 86.6 Å². The number of rotatable bonds is 26. The van der Waals surface area contributed by atoms with E-state index in [2.05, 4.69) is 78.4 Å². The van der Waals surface area contributed by atoms with Crippen molar-refractivity contribution in [3.63, 3.8) is 0 Å². The smallest absolute Gasteiger partial charge is 0.475 e. The second kappa shape index (κ2) is 54.1. The summed E-state index contributed by atoms with van der Waals surface area (Å²) in [6.45, 7) is 5.93. The molecule has 2 aliphatic rings. The Labute approximate surface area is 804 Å². The number of aliphatic hydroxyl groups excluding tert-OH is 1. The van der Waals surface area contributed by atoms with E-state index in [1.807, 2.05) is 13.8 Å². The van der Waals surface area contributed by atoms with Crippen LogP contribution in [0.4, 0.5) is 13.2 Å². The standard InChI is InChI=1S/C89H126N24O18S.C2HF3O2/c1-10-12-30-69-82(125)102-60(29-21-33-95-89(92)93)78(121)108-68(77(120)98-44-73(91)116)47-132-48-75(118)101-64(36-52-23-15-14-16-24-52)85(128)110(7)51(5)76(119)104-66(40-72(90)115)87(130)113-34-22-32-70(113)83(126)103-62(39-55-43-94-49-99-55)80(123)105-63(35-50(3)4)84(127)109(6)45-74(117)100-61(37-53-41-96-58-27-19-17-25-56(53)58)79(122)107-67(46-114)81(124)106-65(38-54-42-97-59-28-20-18-26-57(54)59)86(129)112(9)71(31-13-11-2)88(131)111(69)8;3-2(4,5)1(6)7/h14-20,23-28,41-43,49-51,60-71,96-97,114H,10-13,21-22,29-40,44-48H2,1-9H3,(H2,90,115)(H2,91,116)(H,94,99)(H,98,120)(H,100,117)(H,101,118)(H,102,125)(H,103,126)(H,104,119)(H,105,123)(H,106,124)(H,107,122)(H,108,121)(H4,92,93,95);(H,6,7)/t51-,60-,61-,62-,63-,64-,65-,66-,67-,68-,69-,70-,71-;/m0./s1. The van der Waals surface area contributed by atoms with E-state index in [0.29, 0.717) is 69.9 Å². The topological polar surface area (TPSA) is 658 Å². The number of H-pyrrole nitrogens is 3. The van der Waals surface area contributed by atoms with Gasteiger partial charge in [0.25, 0.3) is 0 Å². The maximum absolute atomic E-state index is 15.7. The molecule has 0 unspecified atom stereocenters. The minimum Gasteiger partial charge on any atom is -0.475 e. The number of likely N-dealkylation sites (N-methyl/N-ethyl adjacent to an activating group) is 4. The predicted octanol–water partition coefficient (Wildman–Crippen LogP) is -1.50. The molecule has 0 radical (unpaired) electrons. The van der Waals surface area contributed by atoms with E-state index >= 15 is 24.0 Å². The van der Waals surface area contributed by atoms with Crippen molar-refractivity contribution in [1.29, 1.82) is 5.41 Å². The number of hydrogen-bond donors (Lipinski definition) is 20. The number of carbonyl (C=O) groups excluding carboxylic acids is 17. The number of nitrogens with zero attached hydrogens (tertiary/aromatic N) is 6. The number of fused-ring (bicyclic) bond motifs is 3. The summed E-state index contributed by atoms with van der Waals surface area (Å²) in [5, 5.41) is 56.5. The van der Waals surface area contributed by atoms with Crippen LogP contribution in [-0.4, -0.2) is 324 Å². The Kier molecular flexibility index (Phi) is 43.5. The number of aliphatic carboxylic acids is 1. The quantitative estimate of drug-likeness (QED) is 0.0167. The first kappa shape index (κ1) is 112. The van der Waals surface area contributed by atoms with Gasteiger partial charge in [0.1, 0.15) is 78.5 Å². The normalized spacial score (nSPS) is 22.9. The Morgan fingerprint density at radius 2 is 1.07 bits per heavy atom. The van der Waals surface area contributed by atoms with Crippen LogP contribution in [-0.2, 0) is 112 Å². The van der Waals surface area contributed by atoms with Gasteiger partial charge in [-0.15, -0.1) is 11.8 Å². The van der Waals surface area contributed by atoms with Crippen LogP contribution in [0.25, 0.3) is 21.8 Å². The predicted molar refractivity (Wildman–Crippen MR) is 503 cm³/mol. The van der Waals surface area contributed by atoms with Gasteiger partial charge < -0.3 is 125 Å². The van der Waals surface area contributed by atoms with E-state index in [-0.39, 0.29) is 89.6 Å². The number of hydrogen-bond acceptors (Lipinski definition) is 22. The number of carbonyl (C=O) groups is 18. The highest BCUT2D eigenvalue weighted by atomic mass is 32.2. The highest BCUT2D eigenvalue weighted by Crippen LogP contribution is 2.27. The first-order valence-electron chi connectivity index (χ1n) is 45.5. The molecular weight excluding hydrogens is 1840 g/mol. The summed E-state index contributed by atoms with van der Waals surface area (Å²) in [6, 6.07) is 2.90. The molecule has 3 aromatic heterocycles. The molecule has 2 aliphatic heterocycles. The highest BCUT2D eigenvalue weighted by molar-refractivity contribution is 8.00. The molecule has 0 saturated carbocycles. The van der Waals surface area contributed by atoms with Crippen LogP contribution in [0.1, 0.15) is 134 Å². The second-order valence-electron chi connectivity index (χ2n) is 34.5. The molecule has 44 nitrogen and oxygen atoms in total. The number of aromatic nitrogens is 4. The summed E-state index contributed by atoms with van der Waals surface area (Å²) < 4.78 is 31.7. The van der Waals surface area contributed by atoms with Crippen LogP contribution < -0.4 is 75.7 Å². The summed E-state index contributed by atoms with van der Waals surface area (Å²) >= 11 is 0.795. The van der Waals surface area contributed by atoms with Gasteiger partial charge in [-0.2, -0.15) is 13.2 Å². The summed E-state index contributed by atoms with van der Waals surface area (Å²) in [5.41, 5.74) is 20.0. The lowest BCUT2D eigenvalue weighted by Crippen LogP contribution is -2.61. The Morgan fingerprint density at radius 3 is 1.64 bits per heavy atom. The van der Waals surface area contributed by atoms with Crippen LogP contribution in [0.3, 0.4) is 0 Å². The van der Waals surface area contributed by atoms with Crippen LogP contribution in [0.5, 0.6) is 0 Å². The molecule has 0 spiro atoms. The van der Waals surface area contributed by atoms with Crippen molar-refractivity contribution in [3.05, 3.63) is 126 Å². The molecule has 8 rings (SSSR count). The number of alkyl halides is 3. The minimum atomic E-state index is -5.08. The molecule has 758 valence electrons. The number of amides is 17. The SMILES string of the molecule is CCCC[C@H]1C(=O)N(C)[C@@H](CCCC)C(=O)N[C@@H](CCCNC(=N)N)C(=O)N[C@H](C(=O)NCC(N)=O)CSCC(=O)N[C@@H](Cc2ccccc2)C(=O)N(C)[C@@H](C)C(=O)N[C@@H](CC(N)=O)C(=O)N2CCC[C@H]2C(=O)N[C@@H](Cc2cnc[nH]2)C(=O)N[C@@H](CC(C)C)C(=O)N(C)CC(=O)N[C@@H](Cc2c[nH]c3ccccc23)C(=O)N[C@@H](CO)C(=O)N[C@@H](Cc2c[nH]c3ccccc23)C(=O)N1C.O=C(O)C(F)(F)F. The first-order chi connectivity index (χ1) is 65.9. The molecule has 0 bridgehead atoms. The van der Waals surface area contributed by atoms with E-state index in [1.165, 1.54) is 47.6 Å². The van der Waals surface area contributed by atoms with Gasteiger partial charge in [0.2, 0.25) is 100 Å². The molecule has 23 N–H and O–H groups in total. The van der Waals surface area contributed by atoms with Crippen molar-refractivity contribution < 1.29 is 110 Å². The van der Waals surface area contributed by atoms with Crippen LogP contribution in [0, 0.1) is 11.3 Å². The van der Waals surface area contributed by atoms with Crippen molar-refractivity contribution in [3.8, 4) is 0 Å². The van der Waals surface area contributed by atoms with E-state index in [4.69, 9.17) is 32.5 Å². The number of aliphatic hydroxyl groups is 1. The monoisotopic (exact) mass is 1960 g/mol. The molecule has 139 heavy (non-hydrogen) atoms. The highest BCUT2D eigenvalue weighted by Gasteiger charge is 2.45. The van der Waals surface area contributed by atoms with Gasteiger partial charge in [-0.25, -0.2) is 9.78 Å². The number of carboxylic acid groups (broad SMARTS) is 1. The molecular formula is C91H127F3N24O20S. The summed E-state index contributed by atoms with van der Waals surface area (Å²) in [7, 11) is 5.25. The maximum Gasteiger partial charge on any atom is 0.490 e. The average Bonchev–Trinajstić information content (AvgIpc) is 1.09. The Morgan fingerprint density at radius 1 is 0.554 bits per heavy atom. The number of benzene rings is 3. The fourth-order valence-electron chi connectivity index (χ4n) is 15.8. The number of thioether (sulfide) groups is 1. The van der Waals surface area contributed by atoms with E-state index in [1.54, 1.807) is 105 Å². The molecule has 2 saturated heterocycles. The number of nitrogens with two attached hydrogens (primary N) is 3. The number of unbranched alkanes of at least 4 members (excludes halogenated alkanes) is 2. The van der Waals surface area contributed by atoms with Gasteiger partial charge in [0, 0.05) is 119 Å². The Balaban J connectivity index is 0.00000361. The maximum atomic E-state index is 15.7. The van der Waals surface area contributed by atoms with Crippen molar-refractivity contribution >= 4 is 146 Å². The second-order valence-corrected chi connectivity index (χ2v) is 35.5. The molecule has 3 aromatic carbocycles. The van der Waals surface area contributed by atoms with Crippen molar-refractivity contribution in [2.75, 3.05) is 72.5 Å². The molecule has 17 amide bonds. The zero-order chi connectivity index (χ0) is 103. The van der Waals surface area contributed by atoms with E-state index < -0.39 is 235 Å². The van der Waals surface area contributed by atoms with Gasteiger partial charge in [0.05, 0.1) is 38.2 Å². The number of carboxylic acids is 1. The van der Waals surface area contributed by atoms with Crippen LogP contribution in [0.15, 0.2) is 104 Å². The van der Waals surface area contributed by atoms with Gasteiger partial charge >= 0.3 is 12.1 Å². The van der Waals surface area contributed by atoms with Crippen LogP contribution in [0.2, 0.25) is 0 Å². The Bertz CT molecular complexity index is 5300. The molecule has 5 heterocycles. The number of imidazole rings is 1. The number of halogens is 3. The lowest BCUT2D eigenvalue weighted by molar-refractivity contribution is -0.192. The fraction of sp³-hybridized carbons (Fsp3) is 0.516. The third kappa shape index (κ3) is 33.9. The molecule has 2 fully saturated rings. The number of para-hydroxylation sites is 2. The van der Waals surface area contributed by atoms with Gasteiger partial charge in [0.15, 0.2) is 5.96 Å². The lowest BCUT2D eigenvalue weighted by Gasteiger charge is -2.36. The van der Waals surface area contributed by atoms with Crippen LogP contribution >= 0.6 is 11.8 Å². The van der Waals surface area contributed by atoms with Crippen molar-refractivity contribution in [1.82, 2.24) is 103 Å². The number of guanidine groups is 1. The lowest BCUT2D eigenvalue weighted by atomic mass is 10.00. The van der Waals surface area contributed by atoms with E-state index in [9.17, 15) is 75.8 Å². The summed E-state index contributed by atoms with van der Waals surface area (Å²) in [5.74, 6) is -19.9. The third-order valence-electron chi connectivity index (χ3n) is 23.4. The first-order valence-corrected chi connectivity index (χ1v) is 46.6. The molecule has 0 aliphatic carbocycles.